The average Bonchev–Trinajstić information content (AvgIpc) is 2.60. The molecule has 0 atom stereocenters. The summed E-state index contributed by atoms with van der Waals surface area (Å²) in [6, 6.07) is 11.2. The third kappa shape index (κ3) is 3.19. The van der Waals surface area contributed by atoms with Gasteiger partial charge in [-0.3, -0.25) is 19.7 Å². The number of hydrogen-bond donors (Lipinski definition) is 2. The minimum atomic E-state index is -0.515. The van der Waals surface area contributed by atoms with Crippen LogP contribution in [0, 0.1) is 17.0 Å². The van der Waals surface area contributed by atoms with Gasteiger partial charge in [0.25, 0.3) is 11.6 Å². The number of nitro benzene ring substituents is 1. The molecule has 26 heavy (non-hydrogen) atoms. The lowest BCUT2D eigenvalue weighted by Gasteiger charge is -2.10. The molecule has 3 rings (SSSR count). The summed E-state index contributed by atoms with van der Waals surface area (Å²) in [5, 5.41) is 14.7. The van der Waals surface area contributed by atoms with E-state index in [0.29, 0.717) is 16.8 Å². The molecule has 0 fully saturated rings. The summed E-state index contributed by atoms with van der Waals surface area (Å²) in [6.45, 7) is 3.51. The van der Waals surface area contributed by atoms with Gasteiger partial charge in [0.1, 0.15) is 0 Å². The van der Waals surface area contributed by atoms with Crippen molar-refractivity contribution in [2.24, 2.45) is 0 Å². The van der Waals surface area contributed by atoms with Gasteiger partial charge in [0, 0.05) is 34.3 Å². The Morgan fingerprint density at radius 2 is 2.00 bits per heavy atom. The van der Waals surface area contributed by atoms with Gasteiger partial charge in [-0.25, -0.2) is 0 Å². The fourth-order valence-electron chi connectivity index (χ4n) is 2.97. The molecule has 0 saturated heterocycles. The Morgan fingerprint density at radius 1 is 1.23 bits per heavy atom. The van der Waals surface area contributed by atoms with Crippen molar-refractivity contribution in [3.63, 3.8) is 0 Å². The number of pyridine rings is 1. The Kier molecular flexibility index (Phi) is 4.53. The molecular weight excluding hydrogens is 334 g/mol. The number of aromatic nitrogens is 1. The van der Waals surface area contributed by atoms with Crippen LogP contribution in [0.1, 0.15) is 28.4 Å². The molecule has 0 saturated carbocycles. The number of hydrogen-bond acceptors (Lipinski definition) is 4. The molecule has 0 radical (unpaired) electrons. The number of H-pyrrole nitrogens is 1. The Labute approximate surface area is 148 Å². The molecule has 0 aliphatic heterocycles. The van der Waals surface area contributed by atoms with Gasteiger partial charge < -0.3 is 10.3 Å². The van der Waals surface area contributed by atoms with Crippen molar-refractivity contribution in [2.45, 2.75) is 20.3 Å². The number of rotatable bonds is 4. The lowest BCUT2D eigenvalue weighted by Crippen LogP contribution is -2.14. The summed E-state index contributed by atoms with van der Waals surface area (Å²) in [6.07, 6.45) is 0.721. The predicted molar refractivity (Wildman–Crippen MR) is 99.7 cm³/mol. The summed E-state index contributed by atoms with van der Waals surface area (Å²) >= 11 is 0. The molecule has 7 nitrogen and oxygen atoms in total. The normalized spacial score (nSPS) is 10.7. The first-order valence-corrected chi connectivity index (χ1v) is 8.12. The van der Waals surface area contributed by atoms with Crippen LogP contribution >= 0.6 is 0 Å². The number of anilines is 1. The van der Waals surface area contributed by atoms with Gasteiger partial charge in [-0.2, -0.15) is 0 Å². The van der Waals surface area contributed by atoms with E-state index in [4.69, 9.17) is 0 Å². The molecule has 0 aliphatic rings. The highest BCUT2D eigenvalue weighted by Gasteiger charge is 2.18. The largest absolute Gasteiger partial charge is 0.322 e. The number of fused-ring (bicyclic) bond motifs is 1. The van der Waals surface area contributed by atoms with E-state index in [9.17, 15) is 19.7 Å². The maximum Gasteiger partial charge on any atom is 0.273 e. The van der Waals surface area contributed by atoms with Gasteiger partial charge in [-0.1, -0.05) is 19.1 Å². The number of nitrogens with one attached hydrogen (secondary N) is 2. The number of amides is 1. The molecule has 3 aromatic rings. The van der Waals surface area contributed by atoms with E-state index in [-0.39, 0.29) is 16.8 Å². The summed E-state index contributed by atoms with van der Waals surface area (Å²) in [5.41, 5.74) is 2.28. The first kappa shape index (κ1) is 17.3. The molecule has 1 amide bonds. The van der Waals surface area contributed by atoms with Crippen molar-refractivity contribution in [1.82, 2.24) is 4.98 Å². The quantitative estimate of drug-likeness (QED) is 0.554. The maximum atomic E-state index is 12.5. The number of nitro groups is 1. The van der Waals surface area contributed by atoms with Crippen LogP contribution < -0.4 is 10.9 Å². The molecule has 1 heterocycles. The van der Waals surface area contributed by atoms with Crippen molar-refractivity contribution in [3.8, 4) is 0 Å². The molecule has 0 bridgehead atoms. The minimum absolute atomic E-state index is 0.104. The van der Waals surface area contributed by atoms with E-state index in [2.05, 4.69) is 10.3 Å². The zero-order valence-corrected chi connectivity index (χ0v) is 14.3. The van der Waals surface area contributed by atoms with Gasteiger partial charge in [-0.15, -0.1) is 0 Å². The topological polar surface area (TPSA) is 105 Å². The monoisotopic (exact) mass is 351 g/mol. The third-order valence-electron chi connectivity index (χ3n) is 4.31. The summed E-state index contributed by atoms with van der Waals surface area (Å²) < 4.78 is 0. The Balaban J connectivity index is 1.97. The van der Waals surface area contributed by atoms with Crippen LogP contribution in [0.5, 0.6) is 0 Å². The smallest absolute Gasteiger partial charge is 0.273 e. The second kappa shape index (κ2) is 6.79. The zero-order valence-electron chi connectivity index (χ0n) is 14.3. The standard InChI is InChI=1S/C19H17N3O4/c1-3-12-9-18(23)21-16-10-13(7-8-15(12)16)20-19(24)14-5-4-6-17(11(14)2)22(25)26/h4-10H,3H2,1-2H3,(H,20,24)(H,21,23). The van der Waals surface area contributed by atoms with E-state index >= 15 is 0 Å². The fourth-order valence-corrected chi connectivity index (χ4v) is 2.97. The van der Waals surface area contributed by atoms with Crippen LogP contribution in [0.2, 0.25) is 0 Å². The highest BCUT2D eigenvalue weighted by atomic mass is 16.6. The lowest BCUT2D eigenvalue weighted by molar-refractivity contribution is -0.385. The number of carbonyl (C=O) groups is 1. The molecule has 7 heteroatoms. The Hall–Kier alpha value is -3.48. The highest BCUT2D eigenvalue weighted by molar-refractivity contribution is 6.06. The first-order chi connectivity index (χ1) is 12.4. The molecule has 0 spiro atoms. The fraction of sp³-hybridized carbons (Fsp3) is 0.158. The van der Waals surface area contributed by atoms with Crippen LogP contribution in [0.15, 0.2) is 47.3 Å². The molecule has 132 valence electrons. The van der Waals surface area contributed by atoms with Crippen LogP contribution in [-0.2, 0) is 6.42 Å². The zero-order chi connectivity index (χ0) is 18.8. The van der Waals surface area contributed by atoms with Gasteiger partial charge in [-0.05, 0) is 37.1 Å². The Morgan fingerprint density at radius 3 is 2.69 bits per heavy atom. The van der Waals surface area contributed by atoms with Crippen molar-refractivity contribution < 1.29 is 9.72 Å². The van der Waals surface area contributed by atoms with Gasteiger partial charge in [0.15, 0.2) is 0 Å². The maximum absolute atomic E-state index is 12.5. The van der Waals surface area contributed by atoms with Gasteiger partial charge in [0.05, 0.1) is 10.4 Å². The average molecular weight is 351 g/mol. The van der Waals surface area contributed by atoms with Crippen molar-refractivity contribution in [2.75, 3.05) is 5.32 Å². The van der Waals surface area contributed by atoms with E-state index in [1.54, 1.807) is 25.1 Å². The second-order valence-corrected chi connectivity index (χ2v) is 5.93. The lowest BCUT2D eigenvalue weighted by atomic mass is 10.1. The summed E-state index contributed by atoms with van der Waals surface area (Å²) in [4.78, 5) is 37.6. The Bertz CT molecular complexity index is 1090. The number of carbonyl (C=O) groups excluding carboxylic acids is 1. The van der Waals surface area contributed by atoms with Gasteiger partial charge in [0.2, 0.25) is 5.56 Å². The number of aryl methyl sites for hydroxylation is 1. The predicted octanol–water partition coefficient (Wildman–Crippen LogP) is 3.56. The van der Waals surface area contributed by atoms with E-state index in [1.165, 1.54) is 18.2 Å². The van der Waals surface area contributed by atoms with E-state index < -0.39 is 10.8 Å². The molecule has 2 aromatic carbocycles. The van der Waals surface area contributed by atoms with Crippen molar-refractivity contribution in [1.29, 1.82) is 0 Å². The summed E-state index contributed by atoms with van der Waals surface area (Å²) in [5.74, 6) is -0.445. The highest BCUT2D eigenvalue weighted by Crippen LogP contribution is 2.24. The first-order valence-electron chi connectivity index (χ1n) is 8.12. The summed E-state index contributed by atoms with van der Waals surface area (Å²) in [7, 11) is 0. The van der Waals surface area contributed by atoms with Crippen LogP contribution in [-0.4, -0.2) is 15.8 Å². The van der Waals surface area contributed by atoms with Crippen LogP contribution in [0.4, 0.5) is 11.4 Å². The number of benzene rings is 2. The molecular formula is C19H17N3O4. The molecule has 0 aliphatic carbocycles. The third-order valence-corrected chi connectivity index (χ3v) is 4.31. The van der Waals surface area contributed by atoms with Crippen LogP contribution in [0.25, 0.3) is 10.9 Å². The minimum Gasteiger partial charge on any atom is -0.322 e. The SMILES string of the molecule is CCc1cc(=O)[nH]c2cc(NC(=O)c3cccc([N+](=O)[O-])c3C)ccc12. The van der Waals surface area contributed by atoms with E-state index in [0.717, 1.165) is 17.4 Å². The van der Waals surface area contributed by atoms with Crippen LogP contribution in [0.3, 0.4) is 0 Å². The number of aromatic amines is 1. The van der Waals surface area contributed by atoms with Crippen molar-refractivity contribution >= 4 is 28.2 Å². The van der Waals surface area contributed by atoms with E-state index in [1.807, 2.05) is 13.0 Å². The van der Waals surface area contributed by atoms with Gasteiger partial charge >= 0.3 is 0 Å². The second-order valence-electron chi connectivity index (χ2n) is 5.93. The molecule has 2 N–H and O–H groups in total. The molecule has 0 unspecified atom stereocenters. The number of nitrogens with zero attached hydrogens (tertiary/aromatic N) is 1. The molecule has 1 aromatic heterocycles. The van der Waals surface area contributed by atoms with Crippen molar-refractivity contribution in [3.05, 3.63) is 79.6 Å².